The fourth-order valence-corrected chi connectivity index (χ4v) is 2.17. The van der Waals surface area contributed by atoms with Gasteiger partial charge in [0.15, 0.2) is 11.5 Å². The zero-order chi connectivity index (χ0) is 14.7. The molecule has 0 unspecified atom stereocenters. The number of nitrogens with zero attached hydrogens (tertiary/aromatic N) is 2. The molecule has 1 heterocycles. The van der Waals surface area contributed by atoms with Crippen LogP contribution in [-0.4, -0.2) is 24.0 Å². The number of aromatic nitrogens is 2. The Kier molecular flexibility index (Phi) is 4.39. The summed E-state index contributed by atoms with van der Waals surface area (Å²) in [4.78, 5) is 0. The van der Waals surface area contributed by atoms with Crippen molar-refractivity contribution >= 4 is 11.6 Å². The van der Waals surface area contributed by atoms with E-state index in [1.807, 2.05) is 25.1 Å². The number of hydrogen-bond acceptors (Lipinski definition) is 4. The smallest absolute Gasteiger partial charge is 0.203 e. The van der Waals surface area contributed by atoms with Gasteiger partial charge in [0.1, 0.15) is 11.8 Å². The summed E-state index contributed by atoms with van der Waals surface area (Å²) >= 11 is 6.19. The molecule has 0 bridgehead atoms. The molecule has 108 valence electrons. The van der Waals surface area contributed by atoms with Crippen molar-refractivity contribution in [1.29, 1.82) is 0 Å². The molecule has 0 atom stereocenters. The van der Waals surface area contributed by atoms with Crippen molar-refractivity contribution in [3.8, 4) is 17.2 Å². The van der Waals surface area contributed by atoms with Gasteiger partial charge >= 0.3 is 0 Å². The van der Waals surface area contributed by atoms with Crippen LogP contribution >= 0.6 is 11.6 Å². The molecule has 0 saturated carbocycles. The molecule has 2 rings (SSSR count). The highest BCUT2D eigenvalue weighted by Crippen LogP contribution is 2.37. The normalized spacial score (nSPS) is 10.4. The molecule has 0 fully saturated rings. The number of benzene rings is 1. The number of hydrogen-bond donors (Lipinski definition) is 0. The van der Waals surface area contributed by atoms with Gasteiger partial charge in [-0.3, -0.25) is 4.68 Å². The number of aryl methyl sites for hydroxylation is 2. The maximum absolute atomic E-state index is 6.19. The fourth-order valence-electron chi connectivity index (χ4n) is 1.94. The molecule has 0 aliphatic carbocycles. The molecule has 0 saturated heterocycles. The van der Waals surface area contributed by atoms with Gasteiger partial charge < -0.3 is 14.2 Å². The van der Waals surface area contributed by atoms with Gasteiger partial charge in [0.2, 0.25) is 5.75 Å². The highest BCUT2D eigenvalue weighted by atomic mass is 35.5. The molecule has 1 aromatic carbocycles. The Labute approximate surface area is 123 Å². The molecular weight excluding hydrogens is 280 g/mol. The second kappa shape index (κ2) is 6.05. The third-order valence-corrected chi connectivity index (χ3v) is 3.49. The van der Waals surface area contributed by atoms with Crippen LogP contribution in [0.25, 0.3) is 0 Å². The van der Waals surface area contributed by atoms with Crippen LogP contribution in [0, 0.1) is 6.92 Å². The summed E-state index contributed by atoms with van der Waals surface area (Å²) in [5.74, 6) is 1.78. The van der Waals surface area contributed by atoms with Crippen molar-refractivity contribution in [3.05, 3.63) is 34.6 Å². The highest BCUT2D eigenvalue weighted by Gasteiger charge is 2.15. The van der Waals surface area contributed by atoms with Crippen LogP contribution in [0.2, 0.25) is 5.15 Å². The van der Waals surface area contributed by atoms with Crippen molar-refractivity contribution in [2.24, 2.45) is 7.05 Å². The number of ether oxygens (including phenoxy) is 3. The van der Waals surface area contributed by atoms with E-state index in [2.05, 4.69) is 5.10 Å². The van der Waals surface area contributed by atoms with Gasteiger partial charge in [-0.25, -0.2) is 0 Å². The van der Waals surface area contributed by atoms with E-state index >= 15 is 0 Å². The first-order valence-corrected chi connectivity index (χ1v) is 6.48. The first-order valence-electron chi connectivity index (χ1n) is 6.10. The highest BCUT2D eigenvalue weighted by molar-refractivity contribution is 6.30. The third kappa shape index (κ3) is 2.67. The zero-order valence-electron chi connectivity index (χ0n) is 11.9. The molecular formula is C14H17ClN2O3. The van der Waals surface area contributed by atoms with Crippen LogP contribution < -0.4 is 14.2 Å². The van der Waals surface area contributed by atoms with Crippen molar-refractivity contribution < 1.29 is 14.2 Å². The number of methoxy groups -OCH3 is 2. The topological polar surface area (TPSA) is 45.5 Å². The molecule has 20 heavy (non-hydrogen) atoms. The molecule has 0 aliphatic heterocycles. The first kappa shape index (κ1) is 14.5. The minimum atomic E-state index is 0.301. The summed E-state index contributed by atoms with van der Waals surface area (Å²) in [6, 6.07) is 5.47. The third-order valence-electron chi connectivity index (χ3n) is 3.01. The van der Waals surface area contributed by atoms with Gasteiger partial charge in [0, 0.05) is 12.6 Å². The molecule has 0 N–H and O–H groups in total. The molecule has 2 aromatic rings. The summed E-state index contributed by atoms with van der Waals surface area (Å²) in [5, 5.41) is 4.82. The van der Waals surface area contributed by atoms with E-state index < -0.39 is 0 Å². The van der Waals surface area contributed by atoms with Crippen LogP contribution in [0.15, 0.2) is 18.2 Å². The van der Waals surface area contributed by atoms with Crippen LogP contribution in [0.3, 0.4) is 0 Å². The predicted molar refractivity (Wildman–Crippen MR) is 76.8 cm³/mol. The SMILES string of the molecule is COc1cccc(OC)c1OCc1c(C)nn(C)c1Cl. The number of rotatable bonds is 5. The van der Waals surface area contributed by atoms with E-state index in [1.54, 1.807) is 25.9 Å². The van der Waals surface area contributed by atoms with Crippen molar-refractivity contribution in [2.75, 3.05) is 14.2 Å². The second-order valence-electron chi connectivity index (χ2n) is 4.26. The maximum atomic E-state index is 6.19. The van der Waals surface area contributed by atoms with E-state index in [1.165, 1.54) is 0 Å². The molecule has 0 spiro atoms. The number of halogens is 1. The molecule has 6 heteroatoms. The van der Waals surface area contributed by atoms with Gasteiger partial charge in [-0.05, 0) is 19.1 Å². The van der Waals surface area contributed by atoms with Crippen LogP contribution in [0.1, 0.15) is 11.3 Å². The average molecular weight is 297 g/mol. The Balaban J connectivity index is 2.26. The van der Waals surface area contributed by atoms with Crippen molar-refractivity contribution in [1.82, 2.24) is 9.78 Å². The monoisotopic (exact) mass is 296 g/mol. The van der Waals surface area contributed by atoms with Crippen molar-refractivity contribution in [3.63, 3.8) is 0 Å². The summed E-state index contributed by atoms with van der Waals surface area (Å²) in [6.45, 7) is 2.19. The predicted octanol–water partition coefficient (Wildman–Crippen LogP) is 2.98. The van der Waals surface area contributed by atoms with Gasteiger partial charge in [-0.15, -0.1) is 0 Å². The van der Waals surface area contributed by atoms with Crippen molar-refractivity contribution in [2.45, 2.75) is 13.5 Å². The average Bonchev–Trinajstić information content (AvgIpc) is 2.69. The summed E-state index contributed by atoms with van der Waals surface area (Å²) < 4.78 is 18.0. The fraction of sp³-hybridized carbons (Fsp3) is 0.357. The Hall–Kier alpha value is -1.88. The lowest BCUT2D eigenvalue weighted by molar-refractivity contribution is 0.265. The van der Waals surface area contributed by atoms with Crippen LogP contribution in [-0.2, 0) is 13.7 Å². The molecule has 0 radical (unpaired) electrons. The molecule has 0 aliphatic rings. The Morgan fingerprint density at radius 2 is 1.80 bits per heavy atom. The molecule has 0 amide bonds. The molecule has 5 nitrogen and oxygen atoms in total. The Morgan fingerprint density at radius 1 is 1.20 bits per heavy atom. The van der Waals surface area contributed by atoms with Gasteiger partial charge in [-0.1, -0.05) is 17.7 Å². The summed E-state index contributed by atoms with van der Waals surface area (Å²) in [5.41, 5.74) is 1.69. The Bertz CT molecular complexity index is 588. The summed E-state index contributed by atoms with van der Waals surface area (Å²) in [7, 11) is 4.97. The van der Waals surface area contributed by atoms with E-state index in [4.69, 9.17) is 25.8 Å². The van der Waals surface area contributed by atoms with E-state index in [9.17, 15) is 0 Å². The van der Waals surface area contributed by atoms with E-state index in [0.29, 0.717) is 29.0 Å². The van der Waals surface area contributed by atoms with E-state index in [0.717, 1.165) is 11.3 Å². The minimum absolute atomic E-state index is 0.301. The first-order chi connectivity index (χ1) is 9.58. The lowest BCUT2D eigenvalue weighted by Crippen LogP contribution is -2.01. The standard InChI is InChI=1S/C14H17ClN2O3/c1-9-10(14(15)17(2)16-9)8-20-13-11(18-3)6-5-7-12(13)19-4/h5-7H,8H2,1-4H3. The quantitative estimate of drug-likeness (QED) is 0.851. The van der Waals surface area contributed by atoms with E-state index in [-0.39, 0.29) is 0 Å². The number of para-hydroxylation sites is 1. The lowest BCUT2D eigenvalue weighted by atomic mass is 10.2. The lowest BCUT2D eigenvalue weighted by Gasteiger charge is -2.14. The maximum Gasteiger partial charge on any atom is 0.203 e. The second-order valence-corrected chi connectivity index (χ2v) is 4.62. The minimum Gasteiger partial charge on any atom is -0.493 e. The Morgan fingerprint density at radius 3 is 2.25 bits per heavy atom. The largest absolute Gasteiger partial charge is 0.493 e. The zero-order valence-corrected chi connectivity index (χ0v) is 12.7. The van der Waals surface area contributed by atoms with Crippen LogP contribution in [0.4, 0.5) is 0 Å². The van der Waals surface area contributed by atoms with Gasteiger partial charge in [0.05, 0.1) is 19.9 Å². The molecule has 1 aromatic heterocycles. The van der Waals surface area contributed by atoms with Gasteiger partial charge in [-0.2, -0.15) is 5.10 Å². The summed E-state index contributed by atoms with van der Waals surface area (Å²) in [6.07, 6.45) is 0. The van der Waals surface area contributed by atoms with Crippen LogP contribution in [0.5, 0.6) is 17.2 Å². The van der Waals surface area contributed by atoms with Gasteiger partial charge in [0.25, 0.3) is 0 Å².